The van der Waals surface area contributed by atoms with E-state index in [4.69, 9.17) is 21.1 Å². The van der Waals surface area contributed by atoms with Gasteiger partial charge in [0.25, 0.3) is 0 Å². The van der Waals surface area contributed by atoms with Crippen LogP contribution in [-0.4, -0.2) is 144 Å². The lowest BCUT2D eigenvalue weighted by molar-refractivity contribution is -0.175. The van der Waals surface area contributed by atoms with Crippen molar-refractivity contribution in [1.29, 1.82) is 0 Å². The van der Waals surface area contributed by atoms with Crippen LogP contribution in [0.5, 0.6) is 0 Å². The molecule has 6 aliphatic rings. The van der Waals surface area contributed by atoms with E-state index in [1.165, 1.54) is 34.1 Å². The zero-order valence-electron chi connectivity index (χ0n) is 42.8. The Kier molecular flexibility index (Phi) is 18.6. The number of carbonyl (C=O) groups excluding carboxylic acids is 5. The third kappa shape index (κ3) is 13.1. The Hall–Kier alpha value is -4.57. The number of halogens is 3. The predicted octanol–water partition coefficient (Wildman–Crippen LogP) is 6.57. The lowest BCUT2D eigenvalue weighted by Crippen LogP contribution is -2.63. The number of aliphatic hydroxyl groups excluding tert-OH is 2. The number of carbonyl (C=O) groups is 6. The van der Waals surface area contributed by atoms with Crippen LogP contribution in [0.25, 0.3) is 0 Å². The number of benzene rings is 2. The van der Waals surface area contributed by atoms with E-state index >= 15 is 0 Å². The van der Waals surface area contributed by atoms with Gasteiger partial charge in [-0.15, -0.1) is 23.5 Å². The van der Waals surface area contributed by atoms with Gasteiger partial charge < -0.3 is 39.3 Å². The highest BCUT2D eigenvalue weighted by molar-refractivity contribution is 8.04. The number of hydrogen-bond acceptors (Lipinski definition) is 15. The van der Waals surface area contributed by atoms with Crippen molar-refractivity contribution in [2.45, 2.75) is 117 Å². The lowest BCUT2D eigenvalue weighted by atomic mass is 9.79. The van der Waals surface area contributed by atoms with E-state index in [2.05, 4.69) is 14.5 Å². The summed E-state index contributed by atoms with van der Waals surface area (Å²) in [6.07, 6.45) is -1.61. The number of nitrogens with zero attached hydrogens (tertiary/aromatic N) is 4. The van der Waals surface area contributed by atoms with Crippen LogP contribution in [0.3, 0.4) is 0 Å². The van der Waals surface area contributed by atoms with Crippen molar-refractivity contribution < 1.29 is 67.1 Å². The summed E-state index contributed by atoms with van der Waals surface area (Å²) in [5.74, 6) is -5.02. The monoisotopic (exact) mass is 1080 g/mol. The number of β-lactam (4-membered cyclic amide) rings is 2. The Balaban J connectivity index is 0.000000208. The van der Waals surface area contributed by atoms with Gasteiger partial charge in [0.15, 0.2) is 6.07 Å². The molecule has 0 bridgehead atoms. The second-order valence-electron chi connectivity index (χ2n) is 21.4. The van der Waals surface area contributed by atoms with E-state index in [1.807, 2.05) is 13.8 Å². The number of aliphatic carboxylic acids is 1. The van der Waals surface area contributed by atoms with E-state index in [-0.39, 0.29) is 81.3 Å². The fourth-order valence-corrected chi connectivity index (χ4v) is 12.8. The molecule has 8 rings (SSSR count). The number of aliphatic hydroxyl groups is 2. The largest absolute Gasteiger partial charge is 0.477 e. The maximum atomic E-state index is 13.2. The van der Waals surface area contributed by atoms with Crippen LogP contribution < -0.4 is 0 Å². The van der Waals surface area contributed by atoms with Crippen LogP contribution in [0.4, 0.5) is 8.78 Å². The van der Waals surface area contributed by atoms with Crippen LogP contribution in [0, 0.1) is 46.1 Å². The Bertz CT molecular complexity index is 2450. The maximum absolute atomic E-state index is 13.2. The van der Waals surface area contributed by atoms with Gasteiger partial charge in [-0.05, 0) is 90.8 Å². The molecule has 0 saturated carbocycles. The highest BCUT2D eigenvalue weighted by Gasteiger charge is 2.62. The molecular formula is C52H67ClF2N4O12S2. The number of likely N-dealkylation sites (tertiary alicyclic amines) is 2. The van der Waals surface area contributed by atoms with Crippen molar-refractivity contribution in [3.63, 3.8) is 0 Å². The van der Waals surface area contributed by atoms with Crippen molar-refractivity contribution >= 4 is 70.8 Å². The average molecular weight is 1080 g/mol. The molecular weight excluding hydrogens is 1010 g/mol. The number of carboxylic acids is 1. The molecule has 73 heavy (non-hydrogen) atoms. The molecule has 2 amide bonds. The van der Waals surface area contributed by atoms with Crippen LogP contribution in [-0.2, 0) is 56.1 Å². The van der Waals surface area contributed by atoms with Crippen LogP contribution in [0.2, 0.25) is 0 Å². The van der Waals surface area contributed by atoms with Gasteiger partial charge in [-0.25, -0.2) is 18.4 Å². The molecule has 0 spiro atoms. The maximum Gasteiger partial charge on any atom is 0.358 e. The van der Waals surface area contributed by atoms with Gasteiger partial charge in [0.05, 0.1) is 47.0 Å². The SMILES string of the molecule is CC(C)(C)C(=O)OCCl.C[C@@H](O)[C@H]1C(=O)N2C(C(=O)O)=C(SC3CN(Cc4ccc(F)cc4)C3)[C@H](C)[C@H]12.C[C@@H](O)[C@H]1C(=O)N2C(C(=O)OCOC(=O)C(C)(C)C)=C(SC3CN(Cc4ccc(F)cc4)C3)[C@H](C)[C@H]12. The highest BCUT2D eigenvalue weighted by Crippen LogP contribution is 2.53. The summed E-state index contributed by atoms with van der Waals surface area (Å²) in [4.78, 5) is 81.6. The van der Waals surface area contributed by atoms with E-state index in [0.717, 1.165) is 53.7 Å². The second kappa shape index (κ2) is 23.5. The molecule has 6 aliphatic heterocycles. The molecule has 2 aromatic carbocycles. The van der Waals surface area contributed by atoms with E-state index in [1.54, 1.807) is 103 Å². The third-order valence-electron chi connectivity index (χ3n) is 13.5. The molecule has 0 radical (unpaired) electrons. The Morgan fingerprint density at radius 2 is 1.03 bits per heavy atom. The number of amides is 2. The number of rotatable bonds is 15. The summed E-state index contributed by atoms with van der Waals surface area (Å²) >= 11 is 8.26. The molecule has 4 fully saturated rings. The molecule has 2 aromatic rings. The topological polar surface area (TPSA) is 204 Å². The van der Waals surface area contributed by atoms with Gasteiger partial charge in [0.2, 0.25) is 18.6 Å². The minimum atomic E-state index is -1.09. The van der Waals surface area contributed by atoms with Gasteiger partial charge in [-0.1, -0.05) is 49.7 Å². The van der Waals surface area contributed by atoms with E-state index in [0.29, 0.717) is 6.54 Å². The van der Waals surface area contributed by atoms with Crippen molar-refractivity contribution in [3.05, 3.63) is 92.5 Å². The van der Waals surface area contributed by atoms with Gasteiger partial charge in [-0.2, -0.15) is 0 Å². The van der Waals surface area contributed by atoms with Crippen LogP contribution in [0.1, 0.15) is 80.4 Å². The number of alkyl halides is 1. The van der Waals surface area contributed by atoms with Crippen molar-refractivity contribution in [1.82, 2.24) is 19.6 Å². The highest BCUT2D eigenvalue weighted by atomic mass is 35.5. The Morgan fingerprint density at radius 1 is 0.658 bits per heavy atom. The molecule has 8 atom stereocenters. The molecule has 21 heteroatoms. The quantitative estimate of drug-likeness (QED) is 0.0747. The first-order valence-electron chi connectivity index (χ1n) is 24.2. The Morgan fingerprint density at radius 3 is 1.37 bits per heavy atom. The molecule has 16 nitrogen and oxygen atoms in total. The minimum absolute atomic E-state index is 0.0594. The van der Waals surface area contributed by atoms with Crippen molar-refractivity contribution in [2.75, 3.05) is 39.0 Å². The summed E-state index contributed by atoms with van der Waals surface area (Å²) in [6.45, 7) is 21.6. The number of ether oxygens (including phenoxy) is 3. The van der Waals surface area contributed by atoms with Crippen LogP contribution >= 0.6 is 35.1 Å². The first kappa shape index (κ1) is 57.7. The number of carboxylic acid groups (broad SMARTS) is 1. The average Bonchev–Trinajstić information content (AvgIpc) is 3.66. The zero-order valence-corrected chi connectivity index (χ0v) is 45.2. The van der Waals surface area contributed by atoms with Crippen molar-refractivity contribution in [3.8, 4) is 0 Å². The summed E-state index contributed by atoms with van der Waals surface area (Å²) in [6, 6.07) is 12.2. The first-order chi connectivity index (χ1) is 34.1. The van der Waals surface area contributed by atoms with Crippen molar-refractivity contribution in [2.24, 2.45) is 34.5 Å². The number of thioether (sulfide) groups is 2. The summed E-state index contributed by atoms with van der Waals surface area (Å²) in [5.41, 5.74) is 1.16. The third-order valence-corrected chi connectivity index (χ3v) is 16.5. The van der Waals surface area contributed by atoms with E-state index in [9.17, 15) is 52.9 Å². The Labute approximate surface area is 438 Å². The van der Waals surface area contributed by atoms with Gasteiger partial charge in [-0.3, -0.25) is 29.0 Å². The minimum Gasteiger partial charge on any atom is -0.477 e. The fraction of sp³-hybridized carbons (Fsp3) is 0.577. The standard InChI is InChI=1S/C26H33FN2O6S.C20H23FN2O4S.C6H11ClO2/c1-14-20-19(15(2)30)23(31)29(20)21(24(32)34-13-35-25(33)26(3,4)5)22(14)36-18-11-28(12-18)10-16-6-8-17(27)9-7-16;1-10-16-15(11(2)24)19(25)23(16)17(20(26)27)18(10)28-14-8-22(9-14)7-12-3-5-13(21)6-4-12;1-6(2,3)5(8)9-4-7/h6-9,14-15,18-20,30H,10-13H2,1-5H3;3-6,10-11,14-16,24H,7-9H2,1-2H3,(H,26,27);4H2,1-3H3/t14-,15-,19-,20-;10-,11-,15-,16-;/m11./s1. The molecule has 0 aliphatic carbocycles. The number of esters is 3. The fourth-order valence-electron chi connectivity index (χ4n) is 9.54. The summed E-state index contributed by atoms with van der Waals surface area (Å²) in [7, 11) is 0. The smallest absolute Gasteiger partial charge is 0.358 e. The molecule has 3 N–H and O–H groups in total. The molecule has 0 unspecified atom stereocenters. The number of fused-ring (bicyclic) bond motifs is 2. The lowest BCUT2D eigenvalue weighted by Gasteiger charge is -2.46. The molecule has 400 valence electrons. The van der Waals surface area contributed by atoms with E-state index < -0.39 is 59.6 Å². The molecule has 0 aromatic heterocycles. The van der Waals surface area contributed by atoms with Gasteiger partial charge in [0, 0.05) is 71.4 Å². The zero-order chi connectivity index (χ0) is 54.0. The normalized spacial score (nSPS) is 24.9. The second-order valence-corrected chi connectivity index (χ2v) is 24.3. The predicted molar refractivity (Wildman–Crippen MR) is 271 cm³/mol. The molecule has 6 heterocycles. The molecule has 4 saturated heterocycles. The van der Waals surface area contributed by atoms with Crippen LogP contribution in [0.15, 0.2) is 69.7 Å². The van der Waals surface area contributed by atoms with Gasteiger partial charge >= 0.3 is 23.9 Å². The van der Waals surface area contributed by atoms with Gasteiger partial charge in [0.1, 0.15) is 23.0 Å². The summed E-state index contributed by atoms with van der Waals surface area (Å²) in [5, 5.41) is 30.2. The summed E-state index contributed by atoms with van der Waals surface area (Å²) < 4.78 is 41.0. The number of hydrogen-bond donors (Lipinski definition) is 3. The first-order valence-corrected chi connectivity index (χ1v) is 26.5.